The molecule has 0 atom stereocenters. The molecule has 0 bridgehead atoms. The van der Waals surface area contributed by atoms with E-state index in [2.05, 4.69) is 38.5 Å². The Morgan fingerprint density at radius 1 is 1.40 bits per heavy atom. The molecule has 0 aliphatic carbocycles. The third-order valence-corrected chi connectivity index (χ3v) is 4.99. The zero-order chi connectivity index (χ0) is 14.5. The Labute approximate surface area is 144 Å². The van der Waals surface area contributed by atoms with E-state index in [4.69, 9.17) is 4.74 Å². The number of nitrogens with zero attached hydrogens (tertiary/aromatic N) is 1. The Hall–Kier alpha value is -0.600. The molecule has 1 amide bonds. The van der Waals surface area contributed by atoms with Gasteiger partial charge in [0.2, 0.25) is 0 Å². The number of hydrogen-bond donors (Lipinski definition) is 0. The number of ether oxygens (including phenoxy) is 1. The van der Waals surface area contributed by atoms with E-state index in [1.54, 1.807) is 23.3 Å². The summed E-state index contributed by atoms with van der Waals surface area (Å²) in [5, 5.41) is 1.89. The lowest BCUT2D eigenvalue weighted by molar-refractivity contribution is 0.0774. The number of likely N-dealkylation sites (N-methyl/N-ethyl adjacent to an activating group) is 1. The monoisotopic (exact) mass is 465 g/mol. The van der Waals surface area contributed by atoms with E-state index in [1.807, 2.05) is 35.7 Å². The molecule has 1 heterocycles. The number of rotatable bonds is 5. The van der Waals surface area contributed by atoms with Crippen molar-refractivity contribution >= 4 is 55.8 Å². The van der Waals surface area contributed by atoms with Crippen molar-refractivity contribution in [2.24, 2.45) is 0 Å². The van der Waals surface area contributed by atoms with Crippen LogP contribution in [0.2, 0.25) is 0 Å². The highest BCUT2D eigenvalue weighted by atomic mass is 127. The second kappa shape index (κ2) is 7.42. The van der Waals surface area contributed by atoms with Gasteiger partial charge in [-0.25, -0.2) is 0 Å². The summed E-state index contributed by atoms with van der Waals surface area (Å²) in [4.78, 5) is 13.8. The lowest BCUT2D eigenvalue weighted by atomic mass is 10.3. The van der Waals surface area contributed by atoms with Crippen LogP contribution in [0.25, 0.3) is 0 Å². The normalized spacial score (nSPS) is 10.3. The first-order valence-corrected chi connectivity index (χ1v) is 8.69. The molecule has 6 heteroatoms. The Balaban J connectivity index is 1.81. The van der Waals surface area contributed by atoms with Gasteiger partial charge in [0.1, 0.15) is 12.4 Å². The highest BCUT2D eigenvalue weighted by molar-refractivity contribution is 14.1. The fraction of sp³-hybridized carbons (Fsp3) is 0.214. The third kappa shape index (κ3) is 4.46. The van der Waals surface area contributed by atoms with Gasteiger partial charge in [0.05, 0.1) is 15.0 Å². The van der Waals surface area contributed by atoms with E-state index in [1.165, 1.54) is 0 Å². The first-order chi connectivity index (χ1) is 9.56. The lowest BCUT2D eigenvalue weighted by Gasteiger charge is -2.16. The van der Waals surface area contributed by atoms with E-state index in [-0.39, 0.29) is 5.91 Å². The maximum Gasteiger partial charge on any atom is 0.254 e. The SMILES string of the molecule is CN(CCOc1ccc(Br)cc1)C(=O)c1csc(I)c1. The predicted molar refractivity (Wildman–Crippen MR) is 93.6 cm³/mol. The van der Waals surface area contributed by atoms with Crippen LogP contribution in [0.5, 0.6) is 5.75 Å². The van der Waals surface area contributed by atoms with Crippen molar-refractivity contribution in [2.45, 2.75) is 0 Å². The molecule has 0 radical (unpaired) electrons. The summed E-state index contributed by atoms with van der Waals surface area (Å²) in [5.74, 6) is 0.836. The van der Waals surface area contributed by atoms with E-state index in [0.717, 1.165) is 18.7 Å². The third-order valence-electron chi connectivity index (χ3n) is 2.67. The maximum absolute atomic E-state index is 12.1. The van der Waals surface area contributed by atoms with Crippen LogP contribution < -0.4 is 4.74 Å². The summed E-state index contributed by atoms with van der Waals surface area (Å²) in [6, 6.07) is 9.55. The average molecular weight is 466 g/mol. The summed E-state index contributed by atoms with van der Waals surface area (Å²) >= 11 is 7.17. The summed E-state index contributed by atoms with van der Waals surface area (Å²) < 4.78 is 7.74. The van der Waals surface area contributed by atoms with E-state index >= 15 is 0 Å². The molecule has 0 aliphatic rings. The Morgan fingerprint density at radius 2 is 2.10 bits per heavy atom. The average Bonchev–Trinajstić information content (AvgIpc) is 2.86. The quantitative estimate of drug-likeness (QED) is 0.617. The van der Waals surface area contributed by atoms with Crippen molar-refractivity contribution < 1.29 is 9.53 Å². The molecule has 0 saturated heterocycles. The molecule has 0 unspecified atom stereocenters. The molecule has 2 aromatic rings. The molecule has 20 heavy (non-hydrogen) atoms. The minimum Gasteiger partial charge on any atom is -0.492 e. The van der Waals surface area contributed by atoms with Gasteiger partial charge in [-0.1, -0.05) is 15.9 Å². The Morgan fingerprint density at radius 3 is 2.70 bits per heavy atom. The van der Waals surface area contributed by atoms with Gasteiger partial charge in [-0.15, -0.1) is 11.3 Å². The van der Waals surface area contributed by atoms with Gasteiger partial charge in [-0.3, -0.25) is 4.79 Å². The molecule has 1 aromatic carbocycles. The first kappa shape index (κ1) is 15.8. The van der Waals surface area contributed by atoms with Crippen LogP contribution in [-0.2, 0) is 0 Å². The number of benzene rings is 1. The van der Waals surface area contributed by atoms with Crippen LogP contribution in [0, 0.1) is 2.88 Å². The van der Waals surface area contributed by atoms with E-state index < -0.39 is 0 Å². The number of halogens is 2. The molecular formula is C14H13BrINO2S. The summed E-state index contributed by atoms with van der Waals surface area (Å²) in [7, 11) is 1.79. The molecule has 0 saturated carbocycles. The highest BCUT2D eigenvalue weighted by Crippen LogP contribution is 2.18. The molecule has 0 spiro atoms. The first-order valence-electron chi connectivity index (χ1n) is 5.94. The second-order valence-corrected chi connectivity index (χ2v) is 7.89. The summed E-state index contributed by atoms with van der Waals surface area (Å²) in [5.41, 5.74) is 0.741. The fourth-order valence-corrected chi connectivity index (χ4v) is 3.16. The number of hydrogen-bond acceptors (Lipinski definition) is 3. The molecule has 1 aromatic heterocycles. The van der Waals surface area contributed by atoms with Crippen molar-refractivity contribution in [1.29, 1.82) is 0 Å². The van der Waals surface area contributed by atoms with Crippen molar-refractivity contribution in [3.63, 3.8) is 0 Å². The van der Waals surface area contributed by atoms with Crippen LogP contribution in [0.3, 0.4) is 0 Å². The Bertz CT molecular complexity index is 585. The summed E-state index contributed by atoms with van der Waals surface area (Å²) in [6.45, 7) is 1.03. The van der Waals surface area contributed by atoms with Gasteiger partial charge in [-0.05, 0) is 52.9 Å². The minimum atomic E-state index is 0.0311. The maximum atomic E-state index is 12.1. The molecule has 3 nitrogen and oxygen atoms in total. The molecule has 0 fully saturated rings. The second-order valence-electron chi connectivity index (χ2n) is 4.17. The molecular weight excluding hydrogens is 453 g/mol. The van der Waals surface area contributed by atoms with Gasteiger partial charge >= 0.3 is 0 Å². The molecule has 2 rings (SSSR count). The minimum absolute atomic E-state index is 0.0311. The summed E-state index contributed by atoms with van der Waals surface area (Å²) in [6.07, 6.45) is 0. The highest BCUT2D eigenvalue weighted by Gasteiger charge is 2.13. The molecule has 106 valence electrons. The number of carbonyl (C=O) groups is 1. The van der Waals surface area contributed by atoms with Crippen molar-refractivity contribution in [3.05, 3.63) is 48.6 Å². The van der Waals surface area contributed by atoms with E-state index in [0.29, 0.717) is 13.2 Å². The van der Waals surface area contributed by atoms with Gasteiger partial charge in [0, 0.05) is 16.9 Å². The van der Waals surface area contributed by atoms with Crippen molar-refractivity contribution in [2.75, 3.05) is 20.2 Å². The zero-order valence-corrected chi connectivity index (χ0v) is 15.4. The van der Waals surface area contributed by atoms with E-state index in [9.17, 15) is 4.79 Å². The smallest absolute Gasteiger partial charge is 0.254 e. The van der Waals surface area contributed by atoms with Crippen molar-refractivity contribution in [3.8, 4) is 5.75 Å². The lowest BCUT2D eigenvalue weighted by Crippen LogP contribution is -2.30. The van der Waals surface area contributed by atoms with Gasteiger partial charge in [-0.2, -0.15) is 0 Å². The number of thiophene rings is 1. The molecule has 0 N–H and O–H groups in total. The van der Waals surface area contributed by atoms with Crippen LogP contribution in [-0.4, -0.2) is 31.0 Å². The van der Waals surface area contributed by atoms with Gasteiger partial charge in [0.25, 0.3) is 5.91 Å². The topological polar surface area (TPSA) is 29.5 Å². The van der Waals surface area contributed by atoms with Crippen LogP contribution in [0.4, 0.5) is 0 Å². The van der Waals surface area contributed by atoms with Gasteiger partial charge in [0.15, 0.2) is 0 Å². The number of carbonyl (C=O) groups excluding carboxylic acids is 1. The van der Waals surface area contributed by atoms with Crippen LogP contribution in [0.15, 0.2) is 40.2 Å². The van der Waals surface area contributed by atoms with Gasteiger partial charge < -0.3 is 9.64 Å². The van der Waals surface area contributed by atoms with Crippen LogP contribution >= 0.6 is 49.9 Å². The largest absolute Gasteiger partial charge is 0.492 e. The zero-order valence-electron chi connectivity index (χ0n) is 10.8. The molecule has 0 aliphatic heterocycles. The predicted octanol–water partition coefficient (Wildman–Crippen LogP) is 4.27. The standard InChI is InChI=1S/C14H13BrINO2S/c1-17(14(18)10-8-13(16)20-9-10)6-7-19-12-4-2-11(15)3-5-12/h2-5,8-9H,6-7H2,1H3. The van der Waals surface area contributed by atoms with Crippen molar-refractivity contribution in [1.82, 2.24) is 4.90 Å². The van der Waals surface area contributed by atoms with Crippen LogP contribution in [0.1, 0.15) is 10.4 Å². The fourth-order valence-electron chi connectivity index (χ4n) is 1.58. The Kier molecular flexibility index (Phi) is 5.86. The number of amides is 1.